The summed E-state index contributed by atoms with van der Waals surface area (Å²) >= 11 is 0. The molecular weight excluding hydrogens is 297 g/mol. The number of halogens is 3. The summed E-state index contributed by atoms with van der Waals surface area (Å²) in [5, 5.41) is 2.26. The number of likely N-dealkylation sites (N-methyl/N-ethyl adjacent to an activating group) is 1. The summed E-state index contributed by atoms with van der Waals surface area (Å²) in [5.74, 6) is -4.72. The van der Waals surface area contributed by atoms with Crippen molar-refractivity contribution in [3.05, 3.63) is 29.6 Å². The van der Waals surface area contributed by atoms with Gasteiger partial charge in [-0.2, -0.15) is 0 Å². The minimum Gasteiger partial charge on any atom is -0.372 e. The van der Waals surface area contributed by atoms with Gasteiger partial charge < -0.3 is 15.0 Å². The van der Waals surface area contributed by atoms with Crippen LogP contribution in [0.25, 0.3) is 0 Å². The summed E-state index contributed by atoms with van der Waals surface area (Å²) in [4.78, 5) is 12.8. The molecule has 1 heterocycles. The van der Waals surface area contributed by atoms with Gasteiger partial charge in [-0.15, -0.1) is 0 Å². The van der Waals surface area contributed by atoms with Crippen LogP contribution in [0.5, 0.6) is 0 Å². The highest BCUT2D eigenvalue weighted by Gasteiger charge is 2.21. The molecule has 1 aromatic carbocycles. The molecule has 0 aromatic heterocycles. The number of hydrogen-bond donors (Lipinski definition) is 2. The van der Waals surface area contributed by atoms with E-state index in [2.05, 4.69) is 5.32 Å². The second-order valence-corrected chi connectivity index (χ2v) is 5.60. The van der Waals surface area contributed by atoms with Gasteiger partial charge in [0.05, 0.1) is 12.7 Å². The maximum absolute atomic E-state index is 13.5. The van der Waals surface area contributed by atoms with Crippen LogP contribution >= 0.6 is 0 Å². The van der Waals surface area contributed by atoms with Crippen molar-refractivity contribution in [2.24, 2.45) is 0 Å². The van der Waals surface area contributed by atoms with E-state index in [9.17, 15) is 18.0 Å². The highest BCUT2D eigenvalue weighted by Crippen LogP contribution is 2.19. The molecule has 1 aliphatic heterocycles. The lowest BCUT2D eigenvalue weighted by Crippen LogP contribution is -3.11. The lowest BCUT2D eigenvalue weighted by Gasteiger charge is -2.25. The molecule has 1 saturated heterocycles. The largest absolute Gasteiger partial charge is 0.372 e. The molecule has 2 N–H and O–H groups in total. The number of nitrogens with one attached hydrogen (secondary N) is 2. The topological polar surface area (TPSA) is 42.8 Å². The Kier molecular flexibility index (Phi) is 5.79. The summed E-state index contributed by atoms with van der Waals surface area (Å²) in [5.41, 5.74) is -0.356. The molecule has 0 bridgehead atoms. The van der Waals surface area contributed by atoms with Crippen molar-refractivity contribution in [1.29, 1.82) is 0 Å². The summed E-state index contributed by atoms with van der Waals surface area (Å²) in [6.45, 7) is 1.51. The number of carbonyl (C=O) groups is 1. The zero-order valence-corrected chi connectivity index (χ0v) is 12.4. The molecule has 0 aliphatic carbocycles. The molecule has 7 heteroatoms. The molecule has 4 nitrogen and oxygen atoms in total. The molecule has 1 amide bonds. The van der Waals surface area contributed by atoms with Gasteiger partial charge in [-0.3, -0.25) is 4.79 Å². The minimum atomic E-state index is -1.59. The summed E-state index contributed by atoms with van der Waals surface area (Å²) in [6.07, 6.45) is 3.27. The van der Waals surface area contributed by atoms with Gasteiger partial charge in [0.15, 0.2) is 24.0 Å². The SMILES string of the molecule is C[NH+](CC(=O)Nc1ccc(F)c(F)c1F)C[C@H]1CCCCO1. The first-order chi connectivity index (χ1) is 10.5. The highest BCUT2D eigenvalue weighted by atomic mass is 19.2. The number of amides is 1. The molecule has 1 unspecified atom stereocenters. The molecule has 2 atom stereocenters. The van der Waals surface area contributed by atoms with Crippen LogP contribution in [0.2, 0.25) is 0 Å². The predicted molar refractivity (Wildman–Crippen MR) is 75.2 cm³/mol. The third-order valence-corrected chi connectivity index (χ3v) is 3.62. The van der Waals surface area contributed by atoms with Gasteiger partial charge in [-0.1, -0.05) is 0 Å². The summed E-state index contributed by atoms with van der Waals surface area (Å²) in [6, 6.07) is 1.78. The monoisotopic (exact) mass is 317 g/mol. The van der Waals surface area contributed by atoms with E-state index in [1.54, 1.807) is 0 Å². The Morgan fingerprint density at radius 2 is 2.09 bits per heavy atom. The second-order valence-electron chi connectivity index (χ2n) is 5.60. The van der Waals surface area contributed by atoms with E-state index in [4.69, 9.17) is 4.74 Å². The molecule has 1 aliphatic rings. The molecule has 1 fully saturated rings. The fraction of sp³-hybridized carbons (Fsp3) is 0.533. The molecular formula is C15H20F3N2O2+. The Morgan fingerprint density at radius 1 is 1.32 bits per heavy atom. The number of quaternary nitrogens is 1. The number of anilines is 1. The summed E-state index contributed by atoms with van der Waals surface area (Å²) < 4.78 is 45.0. The van der Waals surface area contributed by atoms with E-state index < -0.39 is 23.4 Å². The average Bonchev–Trinajstić information content (AvgIpc) is 2.49. The van der Waals surface area contributed by atoms with Crippen LogP contribution in [0, 0.1) is 17.5 Å². The van der Waals surface area contributed by atoms with Crippen LogP contribution in [-0.2, 0) is 9.53 Å². The lowest BCUT2D eigenvalue weighted by molar-refractivity contribution is -0.874. The van der Waals surface area contributed by atoms with Gasteiger partial charge in [-0.05, 0) is 31.4 Å². The van der Waals surface area contributed by atoms with Crippen molar-refractivity contribution in [1.82, 2.24) is 0 Å². The standard InChI is InChI=1S/C15H19F3N2O2/c1-20(8-10-4-2-3-7-22-10)9-13(21)19-12-6-5-11(16)14(17)15(12)18/h5-6,10H,2-4,7-9H2,1H3,(H,19,21)/p+1/t10-/m1/s1. The van der Waals surface area contributed by atoms with Crippen molar-refractivity contribution >= 4 is 11.6 Å². The third kappa shape index (κ3) is 4.45. The number of rotatable bonds is 5. The van der Waals surface area contributed by atoms with Gasteiger partial charge >= 0.3 is 0 Å². The Hall–Kier alpha value is -1.60. The molecule has 0 spiro atoms. The first kappa shape index (κ1) is 16.8. The molecule has 22 heavy (non-hydrogen) atoms. The normalized spacial score (nSPS) is 19.7. The van der Waals surface area contributed by atoms with Gasteiger partial charge in [0.1, 0.15) is 12.6 Å². The van der Waals surface area contributed by atoms with E-state index in [0.29, 0.717) is 6.54 Å². The van der Waals surface area contributed by atoms with E-state index in [1.165, 1.54) is 0 Å². The quantitative estimate of drug-likeness (QED) is 0.800. The van der Waals surface area contributed by atoms with Crippen LogP contribution in [0.1, 0.15) is 19.3 Å². The van der Waals surface area contributed by atoms with Crippen LogP contribution in [0.15, 0.2) is 12.1 Å². The van der Waals surface area contributed by atoms with E-state index in [-0.39, 0.29) is 18.3 Å². The van der Waals surface area contributed by atoms with Crippen molar-refractivity contribution in [2.45, 2.75) is 25.4 Å². The van der Waals surface area contributed by atoms with Crippen molar-refractivity contribution in [3.8, 4) is 0 Å². The molecule has 0 saturated carbocycles. The first-order valence-corrected chi connectivity index (χ1v) is 7.33. The fourth-order valence-corrected chi connectivity index (χ4v) is 2.52. The Balaban J connectivity index is 1.85. The Labute approximate surface area is 127 Å². The number of ether oxygens (including phenoxy) is 1. The molecule has 1 aromatic rings. The van der Waals surface area contributed by atoms with Crippen molar-refractivity contribution in [3.63, 3.8) is 0 Å². The first-order valence-electron chi connectivity index (χ1n) is 7.33. The molecule has 2 rings (SSSR count). The maximum Gasteiger partial charge on any atom is 0.279 e. The predicted octanol–water partition coefficient (Wildman–Crippen LogP) is 1.13. The zero-order valence-electron chi connectivity index (χ0n) is 12.4. The van der Waals surface area contributed by atoms with Gasteiger partial charge in [0.2, 0.25) is 0 Å². The van der Waals surface area contributed by atoms with Gasteiger partial charge in [0, 0.05) is 6.61 Å². The van der Waals surface area contributed by atoms with Gasteiger partial charge in [0.25, 0.3) is 5.91 Å². The van der Waals surface area contributed by atoms with Crippen LogP contribution in [0.4, 0.5) is 18.9 Å². The molecule has 0 radical (unpaired) electrons. The maximum atomic E-state index is 13.5. The smallest absolute Gasteiger partial charge is 0.279 e. The third-order valence-electron chi connectivity index (χ3n) is 3.62. The van der Waals surface area contributed by atoms with Gasteiger partial charge in [-0.25, -0.2) is 13.2 Å². The number of hydrogen-bond acceptors (Lipinski definition) is 2. The van der Waals surface area contributed by atoms with Crippen LogP contribution in [0.3, 0.4) is 0 Å². The number of benzene rings is 1. The lowest BCUT2D eigenvalue weighted by atomic mass is 10.1. The second kappa shape index (κ2) is 7.60. The molecule has 122 valence electrons. The highest BCUT2D eigenvalue weighted by molar-refractivity contribution is 5.91. The Bertz CT molecular complexity index is 534. The van der Waals surface area contributed by atoms with E-state index in [1.807, 2.05) is 7.05 Å². The van der Waals surface area contributed by atoms with E-state index in [0.717, 1.165) is 42.9 Å². The van der Waals surface area contributed by atoms with Crippen molar-refractivity contribution in [2.75, 3.05) is 32.1 Å². The zero-order chi connectivity index (χ0) is 16.1. The average molecular weight is 317 g/mol. The van der Waals surface area contributed by atoms with E-state index >= 15 is 0 Å². The van der Waals surface area contributed by atoms with Crippen LogP contribution in [-0.4, -0.2) is 38.8 Å². The summed E-state index contributed by atoms with van der Waals surface area (Å²) in [7, 11) is 1.83. The fourth-order valence-electron chi connectivity index (χ4n) is 2.52. The van der Waals surface area contributed by atoms with Crippen LogP contribution < -0.4 is 10.2 Å². The van der Waals surface area contributed by atoms with Crippen molar-refractivity contribution < 1.29 is 27.6 Å². The minimum absolute atomic E-state index is 0.0955. The number of carbonyl (C=O) groups excluding carboxylic acids is 1. The Morgan fingerprint density at radius 3 is 2.77 bits per heavy atom.